The Morgan fingerprint density at radius 3 is 2.34 bits per heavy atom. The van der Waals surface area contributed by atoms with Gasteiger partial charge in [0.2, 0.25) is 10.0 Å². The molecule has 0 fully saturated rings. The second-order valence-electron chi connectivity index (χ2n) is 6.97. The molecule has 1 aromatic carbocycles. The molecule has 0 unspecified atom stereocenters. The Kier molecular flexibility index (Phi) is 7.32. The maximum atomic E-state index is 12.9. The van der Waals surface area contributed by atoms with E-state index in [1.54, 1.807) is 23.6 Å². The quantitative estimate of drug-likeness (QED) is 0.663. The van der Waals surface area contributed by atoms with Gasteiger partial charge in [0.25, 0.3) is 5.56 Å². The van der Waals surface area contributed by atoms with E-state index in [2.05, 4.69) is 4.98 Å². The van der Waals surface area contributed by atoms with E-state index in [1.165, 1.54) is 31.4 Å². The normalized spacial score (nSPS) is 14.0. The first-order valence-corrected chi connectivity index (χ1v) is 10.9. The number of nitrogens with zero attached hydrogens (tertiary/aromatic N) is 3. The van der Waals surface area contributed by atoms with Crippen LogP contribution in [0, 0.1) is 5.92 Å². The van der Waals surface area contributed by atoms with Gasteiger partial charge in [-0.25, -0.2) is 13.4 Å². The molecule has 0 spiro atoms. The zero-order valence-electron chi connectivity index (χ0n) is 17.1. The predicted molar refractivity (Wildman–Crippen MR) is 109 cm³/mol. The second-order valence-corrected chi connectivity index (χ2v) is 8.97. The summed E-state index contributed by atoms with van der Waals surface area (Å²) in [7, 11) is -2.69. The van der Waals surface area contributed by atoms with Crippen LogP contribution in [0.25, 0.3) is 0 Å². The molecule has 2 rings (SSSR count). The number of carboxylic acid groups (broad SMARTS) is 1. The summed E-state index contributed by atoms with van der Waals surface area (Å²) in [5.74, 6) is -0.867. The van der Waals surface area contributed by atoms with Crippen LogP contribution in [-0.2, 0) is 27.8 Å². The number of sulfonamides is 1. The number of rotatable bonds is 9. The molecule has 9 heteroatoms. The van der Waals surface area contributed by atoms with Gasteiger partial charge in [0.1, 0.15) is 11.9 Å². The Bertz CT molecular complexity index is 1020. The molecule has 2 atom stereocenters. The molecule has 0 saturated heterocycles. The number of hydrogen-bond donors (Lipinski definition) is 1. The molecule has 0 aliphatic carbocycles. The van der Waals surface area contributed by atoms with Gasteiger partial charge in [-0.2, -0.15) is 4.31 Å². The van der Waals surface area contributed by atoms with Crippen molar-refractivity contribution in [1.82, 2.24) is 13.9 Å². The fraction of sp³-hybridized carbons (Fsp3) is 0.450. The van der Waals surface area contributed by atoms with Crippen molar-refractivity contribution in [3.05, 3.63) is 58.3 Å². The maximum absolute atomic E-state index is 12.9. The molecule has 0 aliphatic heterocycles. The fourth-order valence-corrected chi connectivity index (χ4v) is 4.58. The molecule has 0 aliphatic rings. The van der Waals surface area contributed by atoms with E-state index >= 15 is 0 Å². The van der Waals surface area contributed by atoms with E-state index in [-0.39, 0.29) is 22.9 Å². The minimum Gasteiger partial charge on any atom is -0.480 e. The Balaban J connectivity index is 2.32. The molecular formula is C20H27N3O5S. The number of aryl methyl sites for hydroxylation is 1. The summed E-state index contributed by atoms with van der Waals surface area (Å²) in [5, 5.41) is 9.49. The number of carbonyl (C=O) groups is 1. The van der Waals surface area contributed by atoms with Crippen molar-refractivity contribution < 1.29 is 18.3 Å². The van der Waals surface area contributed by atoms with E-state index in [0.717, 1.165) is 9.87 Å². The van der Waals surface area contributed by atoms with E-state index in [9.17, 15) is 23.1 Å². The summed E-state index contributed by atoms with van der Waals surface area (Å²) >= 11 is 0. The fourth-order valence-electron chi connectivity index (χ4n) is 3.17. The van der Waals surface area contributed by atoms with Crippen molar-refractivity contribution in [3.63, 3.8) is 0 Å². The third-order valence-corrected chi connectivity index (χ3v) is 6.96. The van der Waals surface area contributed by atoms with Gasteiger partial charge in [0.15, 0.2) is 0 Å². The summed E-state index contributed by atoms with van der Waals surface area (Å²) < 4.78 is 28.3. The summed E-state index contributed by atoms with van der Waals surface area (Å²) in [6.07, 6.45) is 2.61. The van der Waals surface area contributed by atoms with E-state index in [0.29, 0.717) is 18.7 Å². The van der Waals surface area contributed by atoms with Crippen LogP contribution in [0.5, 0.6) is 0 Å². The van der Waals surface area contributed by atoms with Crippen molar-refractivity contribution in [3.8, 4) is 0 Å². The minimum absolute atomic E-state index is 0.00699. The second kappa shape index (κ2) is 9.32. The van der Waals surface area contributed by atoms with Crippen LogP contribution in [0.1, 0.15) is 38.6 Å². The van der Waals surface area contributed by atoms with Gasteiger partial charge in [0.05, 0.1) is 11.4 Å². The highest BCUT2D eigenvalue weighted by molar-refractivity contribution is 7.89. The maximum Gasteiger partial charge on any atom is 0.322 e. The lowest BCUT2D eigenvalue weighted by Gasteiger charge is -2.28. The van der Waals surface area contributed by atoms with Gasteiger partial charge in [-0.3, -0.25) is 14.2 Å². The third kappa shape index (κ3) is 4.91. The van der Waals surface area contributed by atoms with Crippen LogP contribution >= 0.6 is 0 Å². The molecule has 1 aromatic heterocycles. The zero-order valence-corrected chi connectivity index (χ0v) is 17.9. The van der Waals surface area contributed by atoms with Crippen LogP contribution in [0.4, 0.5) is 0 Å². The van der Waals surface area contributed by atoms with Crippen LogP contribution in [0.15, 0.2) is 46.2 Å². The minimum atomic E-state index is -3.98. The van der Waals surface area contributed by atoms with Gasteiger partial charge < -0.3 is 5.11 Å². The number of aliphatic carboxylic acids is 1. The van der Waals surface area contributed by atoms with Crippen LogP contribution in [0.3, 0.4) is 0 Å². The third-order valence-electron chi connectivity index (χ3n) is 5.10. The highest BCUT2D eigenvalue weighted by Gasteiger charge is 2.35. The van der Waals surface area contributed by atoms with Crippen molar-refractivity contribution in [2.45, 2.75) is 51.1 Å². The van der Waals surface area contributed by atoms with Gasteiger partial charge in [0, 0.05) is 25.7 Å². The van der Waals surface area contributed by atoms with E-state index in [1.807, 2.05) is 13.8 Å². The number of hydrogen-bond acceptors (Lipinski definition) is 5. The highest BCUT2D eigenvalue weighted by Crippen LogP contribution is 2.22. The molecule has 29 heavy (non-hydrogen) atoms. The highest BCUT2D eigenvalue weighted by atomic mass is 32.2. The van der Waals surface area contributed by atoms with Crippen molar-refractivity contribution in [2.24, 2.45) is 5.92 Å². The summed E-state index contributed by atoms with van der Waals surface area (Å²) in [5.41, 5.74) is 0.569. The lowest BCUT2D eigenvalue weighted by atomic mass is 10.00. The van der Waals surface area contributed by atoms with E-state index < -0.39 is 22.0 Å². The van der Waals surface area contributed by atoms with Gasteiger partial charge in [-0.1, -0.05) is 39.3 Å². The summed E-state index contributed by atoms with van der Waals surface area (Å²) in [6.45, 7) is 5.71. The van der Waals surface area contributed by atoms with Gasteiger partial charge >= 0.3 is 5.97 Å². The van der Waals surface area contributed by atoms with Crippen molar-refractivity contribution in [1.29, 1.82) is 0 Å². The van der Waals surface area contributed by atoms with Crippen LogP contribution in [-0.4, -0.2) is 46.4 Å². The number of likely N-dealkylation sites (N-methyl/N-ethyl adjacent to an activating group) is 1. The Morgan fingerprint density at radius 1 is 1.21 bits per heavy atom. The molecule has 2 aromatic rings. The molecule has 0 amide bonds. The first-order valence-electron chi connectivity index (χ1n) is 9.47. The first-order chi connectivity index (χ1) is 13.6. The smallest absolute Gasteiger partial charge is 0.322 e. The Hall–Kier alpha value is -2.52. The molecule has 8 nitrogen and oxygen atoms in total. The molecule has 1 N–H and O–H groups in total. The van der Waals surface area contributed by atoms with Crippen LogP contribution < -0.4 is 5.56 Å². The van der Waals surface area contributed by atoms with Crippen LogP contribution in [0.2, 0.25) is 0 Å². The Morgan fingerprint density at radius 2 is 1.83 bits per heavy atom. The van der Waals surface area contributed by atoms with Gasteiger partial charge in [-0.05, 0) is 23.6 Å². The lowest BCUT2D eigenvalue weighted by Crippen LogP contribution is -2.46. The summed E-state index contributed by atoms with van der Waals surface area (Å²) in [6, 6.07) is 6.35. The van der Waals surface area contributed by atoms with E-state index in [4.69, 9.17) is 0 Å². The topological polar surface area (TPSA) is 110 Å². The standard InChI is InChI=1S/C20H27N3O5S/c1-5-14(3)19(20(25)26)22(4)29(27,28)16-9-7-15(8-10-16)13-23-17(6-2)21-12-11-18(23)24/h7-12,14,19H,5-6,13H2,1-4H3,(H,25,26)/t14-,19-/m0/s1. The Labute approximate surface area is 170 Å². The molecular weight excluding hydrogens is 394 g/mol. The monoisotopic (exact) mass is 421 g/mol. The molecule has 0 radical (unpaired) electrons. The lowest BCUT2D eigenvalue weighted by molar-refractivity contribution is -0.142. The average Bonchev–Trinajstić information content (AvgIpc) is 2.69. The summed E-state index contributed by atoms with van der Waals surface area (Å²) in [4.78, 5) is 27.9. The SMILES string of the molecule is CCc1nccc(=O)n1Cc1ccc(S(=O)(=O)N(C)[C@H](C(=O)O)[C@@H](C)CC)cc1. The molecule has 1 heterocycles. The molecule has 158 valence electrons. The average molecular weight is 422 g/mol. The predicted octanol–water partition coefficient (Wildman–Crippen LogP) is 1.97. The molecule has 0 bridgehead atoms. The molecule has 0 saturated carbocycles. The number of benzene rings is 1. The number of carboxylic acids is 1. The first kappa shape index (κ1) is 22.8. The van der Waals surface area contributed by atoms with Crippen molar-refractivity contribution in [2.75, 3.05) is 7.05 Å². The zero-order chi connectivity index (χ0) is 21.8. The van der Waals surface area contributed by atoms with Crippen molar-refractivity contribution >= 4 is 16.0 Å². The largest absolute Gasteiger partial charge is 0.480 e. The number of aromatic nitrogens is 2. The van der Waals surface area contributed by atoms with Gasteiger partial charge in [-0.15, -0.1) is 0 Å².